The molecule has 3 nitrogen and oxygen atoms in total. The average Bonchev–Trinajstić information content (AvgIpc) is 2.40. The number of nitrogens with zero attached hydrogens (tertiary/aromatic N) is 1. The molecule has 2 saturated heterocycles. The summed E-state index contributed by atoms with van der Waals surface area (Å²) in [5, 5.41) is 3.39. The van der Waals surface area contributed by atoms with E-state index < -0.39 is 0 Å². The van der Waals surface area contributed by atoms with Gasteiger partial charge >= 0.3 is 0 Å². The van der Waals surface area contributed by atoms with Crippen LogP contribution in [0.15, 0.2) is 0 Å². The molecule has 0 aromatic heterocycles. The van der Waals surface area contributed by atoms with Gasteiger partial charge in [0.25, 0.3) is 0 Å². The molecule has 0 aliphatic carbocycles. The van der Waals surface area contributed by atoms with Crippen molar-refractivity contribution in [3.05, 3.63) is 0 Å². The van der Waals surface area contributed by atoms with Crippen LogP contribution in [-0.2, 0) is 4.74 Å². The Morgan fingerprint density at radius 3 is 2.29 bits per heavy atom. The molecule has 0 bridgehead atoms. The zero-order chi connectivity index (χ0) is 12.1. The van der Waals surface area contributed by atoms with Crippen LogP contribution in [0, 0.1) is 0 Å². The van der Waals surface area contributed by atoms with E-state index in [2.05, 4.69) is 24.1 Å². The molecule has 1 N–H and O–H groups in total. The second kappa shape index (κ2) is 6.72. The molecule has 100 valence electrons. The van der Waals surface area contributed by atoms with Crippen LogP contribution in [0.25, 0.3) is 0 Å². The van der Waals surface area contributed by atoms with E-state index in [-0.39, 0.29) is 0 Å². The minimum absolute atomic E-state index is 0.524. The summed E-state index contributed by atoms with van der Waals surface area (Å²) in [4.78, 5) is 2.61. The van der Waals surface area contributed by atoms with Gasteiger partial charge in [0.1, 0.15) is 0 Å². The molecule has 0 saturated carbocycles. The van der Waals surface area contributed by atoms with Gasteiger partial charge in [0.15, 0.2) is 0 Å². The van der Waals surface area contributed by atoms with Crippen molar-refractivity contribution in [3.8, 4) is 0 Å². The average molecular weight is 240 g/mol. The first-order chi connectivity index (χ1) is 8.29. The summed E-state index contributed by atoms with van der Waals surface area (Å²) < 4.78 is 6.23. The molecule has 0 spiro atoms. The van der Waals surface area contributed by atoms with Gasteiger partial charge in [0, 0.05) is 19.1 Å². The summed E-state index contributed by atoms with van der Waals surface area (Å²) in [6.45, 7) is 9.35. The highest BCUT2D eigenvalue weighted by Gasteiger charge is 2.25. The Kier molecular flexibility index (Phi) is 5.26. The van der Waals surface area contributed by atoms with Crippen molar-refractivity contribution in [2.24, 2.45) is 0 Å². The lowest BCUT2D eigenvalue weighted by molar-refractivity contribution is -0.0569. The number of hydrogen-bond donors (Lipinski definition) is 1. The molecule has 2 aliphatic heterocycles. The van der Waals surface area contributed by atoms with Crippen molar-refractivity contribution in [2.45, 2.75) is 64.2 Å². The highest BCUT2D eigenvalue weighted by Crippen LogP contribution is 2.20. The maximum atomic E-state index is 6.23. The van der Waals surface area contributed by atoms with Gasteiger partial charge in [-0.2, -0.15) is 0 Å². The number of ether oxygens (including phenoxy) is 1. The molecule has 2 rings (SSSR count). The summed E-state index contributed by atoms with van der Waals surface area (Å²) in [6, 6.07) is 0.745. The zero-order valence-electron chi connectivity index (χ0n) is 11.5. The summed E-state index contributed by atoms with van der Waals surface area (Å²) in [6.07, 6.45) is 7.18. The standard InChI is InChI=1S/C14H28N2O/c1-3-12(2)16-10-6-14(7-11-16)17-13-4-8-15-9-5-13/h12-15H,3-11H2,1-2H3/t12-/m1/s1. The SMILES string of the molecule is CC[C@@H](C)N1CCC(OC2CCNCC2)CC1. The number of likely N-dealkylation sites (tertiary alicyclic amines) is 1. The smallest absolute Gasteiger partial charge is 0.0603 e. The minimum Gasteiger partial charge on any atom is -0.375 e. The topological polar surface area (TPSA) is 24.5 Å². The Hall–Kier alpha value is -0.120. The Bertz CT molecular complexity index is 208. The van der Waals surface area contributed by atoms with Crippen LogP contribution in [0.3, 0.4) is 0 Å². The summed E-state index contributed by atoms with van der Waals surface area (Å²) >= 11 is 0. The molecule has 0 aromatic rings. The van der Waals surface area contributed by atoms with Crippen molar-refractivity contribution >= 4 is 0 Å². The lowest BCUT2D eigenvalue weighted by Gasteiger charge is -2.37. The Morgan fingerprint density at radius 1 is 1.12 bits per heavy atom. The number of piperidine rings is 2. The molecule has 0 radical (unpaired) electrons. The summed E-state index contributed by atoms with van der Waals surface area (Å²) in [5.41, 5.74) is 0. The van der Waals surface area contributed by atoms with Crippen molar-refractivity contribution in [1.82, 2.24) is 10.2 Å². The fourth-order valence-electron chi connectivity index (χ4n) is 2.91. The van der Waals surface area contributed by atoms with Crippen LogP contribution in [0.1, 0.15) is 46.0 Å². The van der Waals surface area contributed by atoms with Crippen LogP contribution in [0.4, 0.5) is 0 Å². The second-order valence-electron chi connectivity index (χ2n) is 5.58. The third-order valence-electron chi connectivity index (χ3n) is 4.36. The summed E-state index contributed by atoms with van der Waals surface area (Å²) in [5.74, 6) is 0. The van der Waals surface area contributed by atoms with Crippen molar-refractivity contribution in [2.75, 3.05) is 26.2 Å². The first-order valence-corrected chi connectivity index (χ1v) is 7.39. The first-order valence-electron chi connectivity index (χ1n) is 7.39. The van der Waals surface area contributed by atoms with E-state index in [1.54, 1.807) is 0 Å². The molecule has 1 atom stereocenters. The lowest BCUT2D eigenvalue weighted by Crippen LogP contribution is -2.43. The van der Waals surface area contributed by atoms with E-state index in [1.165, 1.54) is 45.2 Å². The van der Waals surface area contributed by atoms with Gasteiger partial charge in [0.05, 0.1) is 12.2 Å². The van der Waals surface area contributed by atoms with Crippen LogP contribution in [-0.4, -0.2) is 49.3 Å². The maximum absolute atomic E-state index is 6.23. The third kappa shape index (κ3) is 3.94. The van der Waals surface area contributed by atoms with Gasteiger partial charge in [-0.1, -0.05) is 6.92 Å². The maximum Gasteiger partial charge on any atom is 0.0603 e. The van der Waals surface area contributed by atoms with Gasteiger partial charge < -0.3 is 15.0 Å². The van der Waals surface area contributed by atoms with Gasteiger partial charge in [-0.25, -0.2) is 0 Å². The van der Waals surface area contributed by atoms with E-state index >= 15 is 0 Å². The Morgan fingerprint density at radius 2 is 1.71 bits per heavy atom. The molecule has 2 aliphatic rings. The van der Waals surface area contributed by atoms with E-state index in [4.69, 9.17) is 4.74 Å². The second-order valence-corrected chi connectivity index (χ2v) is 5.58. The predicted molar refractivity (Wildman–Crippen MR) is 71.3 cm³/mol. The van der Waals surface area contributed by atoms with Gasteiger partial charge in [-0.3, -0.25) is 0 Å². The molecule has 0 amide bonds. The minimum atomic E-state index is 0.524. The van der Waals surface area contributed by atoms with Crippen LogP contribution in [0.2, 0.25) is 0 Å². The van der Waals surface area contributed by atoms with Gasteiger partial charge in [0.2, 0.25) is 0 Å². The monoisotopic (exact) mass is 240 g/mol. The highest BCUT2D eigenvalue weighted by molar-refractivity contribution is 4.78. The molecular formula is C14H28N2O. The molecule has 3 heteroatoms. The molecule has 0 aromatic carbocycles. The third-order valence-corrected chi connectivity index (χ3v) is 4.36. The van der Waals surface area contributed by atoms with E-state index in [1.807, 2.05) is 0 Å². The van der Waals surface area contributed by atoms with Crippen LogP contribution in [0.5, 0.6) is 0 Å². The first kappa shape index (κ1) is 13.3. The fourth-order valence-corrected chi connectivity index (χ4v) is 2.91. The summed E-state index contributed by atoms with van der Waals surface area (Å²) in [7, 11) is 0. The number of hydrogen-bond acceptors (Lipinski definition) is 3. The number of nitrogens with one attached hydrogen (secondary N) is 1. The molecule has 0 unspecified atom stereocenters. The normalized spacial score (nSPS) is 27.2. The number of rotatable bonds is 4. The van der Waals surface area contributed by atoms with Gasteiger partial charge in [-0.05, 0) is 52.1 Å². The Balaban J connectivity index is 1.67. The molecular weight excluding hydrogens is 212 g/mol. The van der Waals surface area contributed by atoms with Crippen molar-refractivity contribution in [1.29, 1.82) is 0 Å². The zero-order valence-corrected chi connectivity index (χ0v) is 11.5. The largest absolute Gasteiger partial charge is 0.375 e. The quantitative estimate of drug-likeness (QED) is 0.813. The molecule has 17 heavy (non-hydrogen) atoms. The highest BCUT2D eigenvalue weighted by atomic mass is 16.5. The predicted octanol–water partition coefficient (Wildman–Crippen LogP) is 2.02. The van der Waals surface area contributed by atoms with E-state index in [9.17, 15) is 0 Å². The van der Waals surface area contributed by atoms with Crippen molar-refractivity contribution < 1.29 is 4.74 Å². The molecule has 2 fully saturated rings. The van der Waals surface area contributed by atoms with E-state index in [0.717, 1.165) is 19.1 Å². The van der Waals surface area contributed by atoms with Crippen molar-refractivity contribution in [3.63, 3.8) is 0 Å². The van der Waals surface area contributed by atoms with Crippen LogP contribution >= 0.6 is 0 Å². The van der Waals surface area contributed by atoms with Crippen LogP contribution < -0.4 is 5.32 Å². The van der Waals surface area contributed by atoms with E-state index in [0.29, 0.717) is 12.2 Å². The van der Waals surface area contributed by atoms with Gasteiger partial charge in [-0.15, -0.1) is 0 Å². The molecule has 2 heterocycles. The fraction of sp³-hybridized carbons (Fsp3) is 1.00. The lowest BCUT2D eigenvalue weighted by atomic mass is 10.0. The Labute approximate surface area is 106 Å².